The largest absolute Gasteiger partial charge is 0.497 e. The van der Waals surface area contributed by atoms with Crippen molar-refractivity contribution >= 4 is 28.7 Å². The lowest BCUT2D eigenvalue weighted by Crippen LogP contribution is -2.25. The lowest BCUT2D eigenvalue weighted by molar-refractivity contribution is 0.415. The first-order valence-corrected chi connectivity index (χ1v) is 8.84. The molecule has 0 fully saturated rings. The Morgan fingerprint density at radius 1 is 1.04 bits per heavy atom. The monoisotopic (exact) mass is 400 g/mol. The molecule has 0 amide bonds. The fraction of sp³-hybridized carbons (Fsp3) is 0.105. The summed E-state index contributed by atoms with van der Waals surface area (Å²) in [6.07, 6.45) is 1.52. The van der Waals surface area contributed by atoms with Crippen molar-refractivity contribution in [1.29, 1.82) is 0 Å². The summed E-state index contributed by atoms with van der Waals surface area (Å²) in [5.74, 6) is 0.758. The molecule has 0 saturated heterocycles. The molecule has 0 atom stereocenters. The van der Waals surface area contributed by atoms with Gasteiger partial charge in [0.15, 0.2) is 0 Å². The Balaban J connectivity index is 1.71. The van der Waals surface area contributed by atoms with Crippen LogP contribution in [0.2, 0.25) is 10.0 Å². The summed E-state index contributed by atoms with van der Waals surface area (Å²) in [6, 6.07) is 14.5. The normalized spacial score (nSPS) is 11.1. The third-order valence-electron chi connectivity index (χ3n) is 4.19. The van der Waals surface area contributed by atoms with Crippen molar-refractivity contribution in [3.63, 3.8) is 0 Å². The van der Waals surface area contributed by atoms with Gasteiger partial charge in [-0.25, -0.2) is 9.20 Å². The highest BCUT2D eigenvalue weighted by Gasteiger charge is 2.11. The number of benzene rings is 2. The first-order valence-electron chi connectivity index (χ1n) is 8.09. The number of aromatic nitrogens is 4. The van der Waals surface area contributed by atoms with Crippen LogP contribution in [0, 0.1) is 0 Å². The molecule has 0 aliphatic carbocycles. The Bertz CT molecular complexity index is 1180. The van der Waals surface area contributed by atoms with Gasteiger partial charge in [-0.3, -0.25) is 4.79 Å². The maximum atomic E-state index is 12.8. The molecule has 6 nitrogen and oxygen atoms in total. The summed E-state index contributed by atoms with van der Waals surface area (Å²) in [5.41, 5.74) is 2.60. The third-order valence-corrected chi connectivity index (χ3v) is 4.93. The zero-order chi connectivity index (χ0) is 19.0. The van der Waals surface area contributed by atoms with E-state index in [1.165, 1.54) is 15.5 Å². The van der Waals surface area contributed by atoms with Crippen molar-refractivity contribution in [1.82, 2.24) is 19.4 Å². The molecule has 0 saturated carbocycles. The average molecular weight is 401 g/mol. The van der Waals surface area contributed by atoms with Crippen molar-refractivity contribution in [2.45, 2.75) is 6.54 Å². The molecule has 0 N–H and O–H groups in total. The summed E-state index contributed by atoms with van der Waals surface area (Å²) in [6.45, 7) is 0.287. The number of hydrogen-bond donors (Lipinski definition) is 0. The van der Waals surface area contributed by atoms with Gasteiger partial charge in [0.05, 0.1) is 29.4 Å². The van der Waals surface area contributed by atoms with Crippen molar-refractivity contribution in [2.24, 2.45) is 0 Å². The van der Waals surface area contributed by atoms with Crippen LogP contribution < -0.4 is 10.3 Å². The minimum atomic E-state index is -0.240. The zero-order valence-electron chi connectivity index (χ0n) is 14.3. The highest BCUT2D eigenvalue weighted by Crippen LogP contribution is 2.23. The second-order valence-electron chi connectivity index (χ2n) is 5.93. The molecule has 136 valence electrons. The summed E-state index contributed by atoms with van der Waals surface area (Å²) >= 11 is 12.0. The number of fused-ring (bicyclic) bond motifs is 1. The Morgan fingerprint density at radius 2 is 1.81 bits per heavy atom. The van der Waals surface area contributed by atoms with Crippen molar-refractivity contribution in [3.8, 4) is 17.0 Å². The highest BCUT2D eigenvalue weighted by molar-refractivity contribution is 6.42. The van der Waals surface area contributed by atoms with E-state index in [1.54, 1.807) is 25.3 Å². The van der Waals surface area contributed by atoms with Gasteiger partial charge >= 0.3 is 0 Å². The lowest BCUT2D eigenvalue weighted by atomic mass is 10.1. The highest BCUT2D eigenvalue weighted by atomic mass is 35.5. The third kappa shape index (κ3) is 3.41. The van der Waals surface area contributed by atoms with Crippen LogP contribution in [0.1, 0.15) is 5.56 Å². The standard InChI is InChI=1S/C19H14Cl2N4O2/c1-27-14-5-3-13(4-6-14)17-9-18-19(26)24(22-11-25(18)23-17)10-12-2-7-15(20)16(21)8-12/h2-9,11H,10H2,1H3. The number of methoxy groups -OCH3 is 1. The second kappa shape index (κ2) is 7.06. The minimum Gasteiger partial charge on any atom is -0.497 e. The van der Waals surface area contributed by atoms with Crippen LogP contribution in [0.25, 0.3) is 16.8 Å². The van der Waals surface area contributed by atoms with Crippen molar-refractivity contribution in [3.05, 3.63) is 80.8 Å². The molecule has 4 rings (SSSR count). The summed E-state index contributed by atoms with van der Waals surface area (Å²) < 4.78 is 8.01. The average Bonchev–Trinajstić information content (AvgIpc) is 3.12. The molecule has 0 aliphatic rings. The van der Waals surface area contributed by atoms with E-state index >= 15 is 0 Å². The van der Waals surface area contributed by atoms with E-state index in [-0.39, 0.29) is 12.1 Å². The topological polar surface area (TPSA) is 61.4 Å². The zero-order valence-corrected chi connectivity index (χ0v) is 15.8. The predicted octanol–water partition coefficient (Wildman–Crippen LogP) is 3.92. The molecule has 2 aromatic heterocycles. The molecule has 0 bridgehead atoms. The first-order chi connectivity index (χ1) is 13.0. The molecule has 8 heteroatoms. The molecule has 4 aromatic rings. The van der Waals surface area contributed by atoms with E-state index in [9.17, 15) is 4.79 Å². The first kappa shape index (κ1) is 17.6. The van der Waals surface area contributed by atoms with Gasteiger partial charge < -0.3 is 4.74 Å². The summed E-state index contributed by atoms with van der Waals surface area (Å²) in [5, 5.41) is 9.54. The number of rotatable bonds is 4. The van der Waals surface area contributed by atoms with E-state index in [0.29, 0.717) is 21.3 Å². The van der Waals surface area contributed by atoms with Gasteiger partial charge in [-0.15, -0.1) is 0 Å². The van der Waals surface area contributed by atoms with Gasteiger partial charge in [-0.05, 0) is 48.0 Å². The van der Waals surface area contributed by atoms with Gasteiger partial charge in [0.2, 0.25) is 0 Å². The molecule has 0 radical (unpaired) electrons. The van der Waals surface area contributed by atoms with Crippen LogP contribution in [0.4, 0.5) is 0 Å². The number of ether oxygens (including phenoxy) is 1. The Hall–Kier alpha value is -2.83. The maximum absolute atomic E-state index is 12.8. The van der Waals surface area contributed by atoms with Crippen molar-refractivity contribution < 1.29 is 4.74 Å². The van der Waals surface area contributed by atoms with E-state index in [4.69, 9.17) is 27.9 Å². The SMILES string of the molecule is COc1ccc(-c2cc3c(=O)n(Cc4ccc(Cl)c(Cl)c4)ncn3n2)cc1. The van der Waals surface area contributed by atoms with Crippen LogP contribution >= 0.6 is 23.2 Å². The van der Waals surface area contributed by atoms with E-state index in [2.05, 4.69) is 10.2 Å². The lowest BCUT2D eigenvalue weighted by Gasteiger charge is -2.06. The molecule has 0 spiro atoms. The predicted molar refractivity (Wildman–Crippen MR) is 105 cm³/mol. The molecular formula is C19H14Cl2N4O2. The molecule has 0 unspecified atom stereocenters. The Morgan fingerprint density at radius 3 is 2.52 bits per heavy atom. The van der Waals surface area contributed by atoms with Crippen molar-refractivity contribution in [2.75, 3.05) is 7.11 Å². The number of halogens is 2. The Labute approximate surface area is 164 Å². The van der Waals surface area contributed by atoms with E-state index in [1.807, 2.05) is 30.3 Å². The Kier molecular flexibility index (Phi) is 4.59. The maximum Gasteiger partial charge on any atom is 0.293 e. The van der Waals surface area contributed by atoms with Gasteiger partial charge in [0.1, 0.15) is 17.6 Å². The van der Waals surface area contributed by atoms with E-state index in [0.717, 1.165) is 16.9 Å². The van der Waals surface area contributed by atoms with Gasteiger partial charge in [-0.2, -0.15) is 10.2 Å². The fourth-order valence-electron chi connectivity index (χ4n) is 2.76. The molecule has 2 aromatic carbocycles. The molecule has 0 aliphatic heterocycles. The molecule has 27 heavy (non-hydrogen) atoms. The van der Waals surface area contributed by atoms with Crippen LogP contribution in [-0.4, -0.2) is 26.5 Å². The van der Waals surface area contributed by atoms with Gasteiger partial charge in [-0.1, -0.05) is 29.3 Å². The number of nitrogens with zero attached hydrogens (tertiary/aromatic N) is 4. The smallest absolute Gasteiger partial charge is 0.293 e. The fourth-order valence-corrected chi connectivity index (χ4v) is 3.09. The minimum absolute atomic E-state index is 0.240. The number of hydrogen-bond acceptors (Lipinski definition) is 4. The summed E-state index contributed by atoms with van der Waals surface area (Å²) in [4.78, 5) is 12.8. The van der Waals surface area contributed by atoms with Crippen LogP contribution in [0.3, 0.4) is 0 Å². The second-order valence-corrected chi connectivity index (χ2v) is 6.74. The quantitative estimate of drug-likeness (QED) is 0.520. The van der Waals surface area contributed by atoms with Crippen LogP contribution in [0.5, 0.6) is 5.75 Å². The van der Waals surface area contributed by atoms with Gasteiger partial charge in [0, 0.05) is 5.56 Å². The van der Waals surface area contributed by atoms with Gasteiger partial charge in [0.25, 0.3) is 5.56 Å². The summed E-state index contributed by atoms with van der Waals surface area (Å²) in [7, 11) is 1.61. The van der Waals surface area contributed by atoms with Crippen LogP contribution in [-0.2, 0) is 6.54 Å². The molecule has 2 heterocycles. The van der Waals surface area contributed by atoms with E-state index < -0.39 is 0 Å². The van der Waals surface area contributed by atoms with Crippen LogP contribution in [0.15, 0.2) is 59.7 Å². The molecular weight excluding hydrogens is 387 g/mol.